The first-order valence-electron chi connectivity index (χ1n) is 5.34. The van der Waals surface area contributed by atoms with Gasteiger partial charge in [-0.15, -0.1) is 11.8 Å². The summed E-state index contributed by atoms with van der Waals surface area (Å²) in [4.78, 5) is 4.14. The molecule has 0 aliphatic carbocycles. The summed E-state index contributed by atoms with van der Waals surface area (Å²) in [5, 5.41) is 18.9. The molecule has 1 aromatic heterocycles. The topological polar surface area (TPSA) is 53.4 Å². The zero-order valence-electron chi connectivity index (χ0n) is 9.45. The summed E-state index contributed by atoms with van der Waals surface area (Å²) >= 11 is 1.46. The van der Waals surface area contributed by atoms with Crippen LogP contribution in [-0.4, -0.2) is 22.2 Å². The zero-order chi connectivity index (χ0) is 13.0. The third kappa shape index (κ3) is 3.56. The highest BCUT2D eigenvalue weighted by Crippen LogP contribution is 2.20. The van der Waals surface area contributed by atoms with Crippen LogP contribution in [0, 0.1) is 5.82 Å². The van der Waals surface area contributed by atoms with Gasteiger partial charge in [0.2, 0.25) is 0 Å². The first kappa shape index (κ1) is 13.1. The fraction of sp³-hybridized carbons (Fsp3) is 0.0833. The van der Waals surface area contributed by atoms with Crippen molar-refractivity contribution in [2.45, 2.75) is 10.8 Å². The van der Waals surface area contributed by atoms with Crippen LogP contribution in [0.5, 0.6) is 0 Å². The van der Waals surface area contributed by atoms with Gasteiger partial charge in [-0.2, -0.15) is 0 Å². The Hall–Kier alpha value is -1.37. The molecule has 2 rings (SSSR count). The molecule has 0 amide bonds. The van der Waals surface area contributed by atoms with Crippen molar-refractivity contribution < 1.29 is 14.4 Å². The van der Waals surface area contributed by atoms with Gasteiger partial charge >= 0.3 is 7.12 Å². The lowest BCUT2D eigenvalue weighted by Gasteiger charge is -2.05. The molecule has 0 saturated heterocycles. The van der Waals surface area contributed by atoms with Gasteiger partial charge in [-0.3, -0.25) is 0 Å². The van der Waals surface area contributed by atoms with Crippen LogP contribution in [0.3, 0.4) is 0 Å². The van der Waals surface area contributed by atoms with E-state index >= 15 is 0 Å². The van der Waals surface area contributed by atoms with E-state index in [2.05, 4.69) is 4.98 Å². The molecule has 1 aromatic carbocycles. The molecule has 0 spiro atoms. The molecule has 0 aliphatic heterocycles. The van der Waals surface area contributed by atoms with Gasteiger partial charge in [-0.25, -0.2) is 9.37 Å². The molecular formula is C12H11BFNO2S. The molecular weight excluding hydrogens is 252 g/mol. The Morgan fingerprint density at radius 2 is 2.06 bits per heavy atom. The van der Waals surface area contributed by atoms with E-state index in [1.165, 1.54) is 17.8 Å². The standard InChI is InChI=1S/C12H11BFNO2S/c14-11-6-9(5-10(7-11)13(16)17)8-18-12-3-1-2-4-15-12/h1-7,16-17H,8H2. The van der Waals surface area contributed by atoms with Crippen molar-refractivity contribution in [3.63, 3.8) is 0 Å². The summed E-state index contributed by atoms with van der Waals surface area (Å²) in [5.74, 6) is 0.0475. The Morgan fingerprint density at radius 3 is 2.72 bits per heavy atom. The molecule has 1 heterocycles. The van der Waals surface area contributed by atoms with Gasteiger partial charge < -0.3 is 10.0 Å². The van der Waals surface area contributed by atoms with Gasteiger partial charge in [-0.05, 0) is 35.3 Å². The van der Waals surface area contributed by atoms with Crippen molar-refractivity contribution in [2.24, 2.45) is 0 Å². The summed E-state index contributed by atoms with van der Waals surface area (Å²) in [6.45, 7) is 0. The van der Waals surface area contributed by atoms with Crippen molar-refractivity contribution in [2.75, 3.05) is 0 Å². The average molecular weight is 263 g/mol. The molecule has 2 N–H and O–H groups in total. The monoisotopic (exact) mass is 263 g/mol. The lowest BCUT2D eigenvalue weighted by atomic mass is 9.79. The van der Waals surface area contributed by atoms with Crippen molar-refractivity contribution in [3.8, 4) is 0 Å². The van der Waals surface area contributed by atoms with E-state index in [0.717, 1.165) is 11.1 Å². The number of nitrogens with zero attached hydrogens (tertiary/aromatic N) is 1. The molecule has 0 atom stereocenters. The van der Waals surface area contributed by atoms with Crippen LogP contribution >= 0.6 is 11.8 Å². The molecule has 0 saturated carbocycles. The van der Waals surface area contributed by atoms with Crippen LogP contribution in [0.25, 0.3) is 0 Å². The number of rotatable bonds is 4. The Bertz CT molecular complexity index is 525. The number of halogens is 1. The van der Waals surface area contributed by atoms with E-state index < -0.39 is 12.9 Å². The highest BCUT2D eigenvalue weighted by Gasteiger charge is 2.13. The summed E-state index contributed by atoms with van der Waals surface area (Å²) < 4.78 is 13.3. The van der Waals surface area contributed by atoms with Gasteiger partial charge in [0.15, 0.2) is 0 Å². The van der Waals surface area contributed by atoms with Crippen LogP contribution in [0.2, 0.25) is 0 Å². The van der Waals surface area contributed by atoms with Crippen molar-refractivity contribution in [1.29, 1.82) is 0 Å². The maximum atomic E-state index is 13.3. The van der Waals surface area contributed by atoms with Gasteiger partial charge in [0.05, 0.1) is 5.03 Å². The summed E-state index contributed by atoms with van der Waals surface area (Å²) in [6.07, 6.45) is 1.69. The van der Waals surface area contributed by atoms with Gasteiger partial charge in [0, 0.05) is 11.9 Å². The average Bonchev–Trinajstić information content (AvgIpc) is 2.37. The normalized spacial score (nSPS) is 10.4. The van der Waals surface area contributed by atoms with Crippen LogP contribution in [0.4, 0.5) is 4.39 Å². The maximum absolute atomic E-state index is 13.3. The maximum Gasteiger partial charge on any atom is 0.488 e. The fourth-order valence-electron chi connectivity index (χ4n) is 1.50. The summed E-state index contributed by atoms with van der Waals surface area (Å²) in [5.41, 5.74) is 0.848. The third-order valence-corrected chi connectivity index (χ3v) is 3.32. The first-order chi connectivity index (χ1) is 8.65. The van der Waals surface area contributed by atoms with E-state index in [-0.39, 0.29) is 5.46 Å². The second kappa shape index (κ2) is 5.99. The van der Waals surface area contributed by atoms with E-state index in [1.54, 1.807) is 12.3 Å². The molecule has 0 aliphatic rings. The number of hydrogen-bond acceptors (Lipinski definition) is 4. The van der Waals surface area contributed by atoms with Crippen LogP contribution in [0.15, 0.2) is 47.6 Å². The number of pyridine rings is 1. The van der Waals surface area contributed by atoms with E-state index in [0.29, 0.717) is 11.3 Å². The number of benzene rings is 1. The number of thioether (sulfide) groups is 1. The SMILES string of the molecule is OB(O)c1cc(F)cc(CSc2ccccn2)c1. The van der Waals surface area contributed by atoms with Crippen LogP contribution < -0.4 is 5.46 Å². The lowest BCUT2D eigenvalue weighted by Crippen LogP contribution is -2.30. The minimum atomic E-state index is -1.65. The fourth-order valence-corrected chi connectivity index (χ4v) is 2.29. The molecule has 0 fully saturated rings. The predicted molar refractivity (Wildman–Crippen MR) is 70.0 cm³/mol. The molecule has 3 nitrogen and oxygen atoms in total. The molecule has 92 valence electrons. The Labute approximate surface area is 109 Å². The minimum absolute atomic E-state index is 0.159. The van der Waals surface area contributed by atoms with Crippen molar-refractivity contribution in [3.05, 3.63) is 54.0 Å². The smallest absolute Gasteiger partial charge is 0.423 e. The van der Waals surface area contributed by atoms with Gasteiger partial charge in [0.1, 0.15) is 5.82 Å². The van der Waals surface area contributed by atoms with Crippen LogP contribution in [-0.2, 0) is 5.75 Å². The highest BCUT2D eigenvalue weighted by molar-refractivity contribution is 7.98. The minimum Gasteiger partial charge on any atom is -0.423 e. The predicted octanol–water partition coefficient (Wildman–Crippen LogP) is 1.19. The Kier molecular flexibility index (Phi) is 4.35. The Morgan fingerprint density at radius 1 is 1.22 bits per heavy atom. The molecule has 0 bridgehead atoms. The second-order valence-corrected chi connectivity index (χ2v) is 4.72. The zero-order valence-corrected chi connectivity index (χ0v) is 10.3. The van der Waals surface area contributed by atoms with Crippen LogP contribution in [0.1, 0.15) is 5.56 Å². The van der Waals surface area contributed by atoms with E-state index in [9.17, 15) is 4.39 Å². The van der Waals surface area contributed by atoms with Gasteiger partial charge in [-0.1, -0.05) is 12.1 Å². The van der Waals surface area contributed by atoms with Crippen molar-refractivity contribution >= 4 is 24.3 Å². The molecule has 18 heavy (non-hydrogen) atoms. The van der Waals surface area contributed by atoms with Crippen molar-refractivity contribution in [1.82, 2.24) is 4.98 Å². The van der Waals surface area contributed by atoms with Gasteiger partial charge in [0.25, 0.3) is 0 Å². The Balaban J connectivity index is 2.10. The van der Waals surface area contributed by atoms with E-state index in [4.69, 9.17) is 10.0 Å². The first-order valence-corrected chi connectivity index (χ1v) is 6.33. The second-order valence-electron chi connectivity index (χ2n) is 3.72. The molecule has 0 unspecified atom stereocenters. The number of aromatic nitrogens is 1. The largest absolute Gasteiger partial charge is 0.488 e. The molecule has 6 heteroatoms. The number of hydrogen-bond donors (Lipinski definition) is 2. The highest BCUT2D eigenvalue weighted by atomic mass is 32.2. The molecule has 2 aromatic rings. The van der Waals surface area contributed by atoms with E-state index in [1.807, 2.05) is 18.2 Å². The third-order valence-electron chi connectivity index (χ3n) is 2.30. The molecule has 0 radical (unpaired) electrons. The lowest BCUT2D eigenvalue weighted by molar-refractivity contribution is 0.425. The quantitative estimate of drug-likeness (QED) is 0.642. The summed E-state index contributed by atoms with van der Waals surface area (Å²) in [6, 6.07) is 9.63. The summed E-state index contributed by atoms with van der Waals surface area (Å²) in [7, 11) is -1.65.